The lowest BCUT2D eigenvalue weighted by atomic mass is 10.1. The van der Waals surface area contributed by atoms with E-state index in [4.69, 9.17) is 0 Å². The summed E-state index contributed by atoms with van der Waals surface area (Å²) in [7, 11) is -4.31. The third kappa shape index (κ3) is 7.14. The van der Waals surface area contributed by atoms with Crippen molar-refractivity contribution in [2.75, 3.05) is 10.8 Å². The number of nitro groups is 1. The molecule has 4 rings (SSSR count). The fraction of sp³-hybridized carbons (Fsp3) is 0.355. The minimum atomic E-state index is -4.31. The van der Waals surface area contributed by atoms with Gasteiger partial charge >= 0.3 is 0 Å². The molecule has 11 heteroatoms. The molecular formula is C31H36N4O6S. The molecule has 3 aromatic rings. The second kappa shape index (κ2) is 13.6. The Bertz CT molecular complexity index is 1520. The Morgan fingerprint density at radius 3 is 2.31 bits per heavy atom. The van der Waals surface area contributed by atoms with Crippen molar-refractivity contribution in [1.82, 2.24) is 10.2 Å². The topological polar surface area (TPSA) is 130 Å². The first-order valence-corrected chi connectivity index (χ1v) is 15.5. The van der Waals surface area contributed by atoms with E-state index in [9.17, 15) is 28.1 Å². The van der Waals surface area contributed by atoms with Gasteiger partial charge in [-0.05, 0) is 55.5 Å². The smallest absolute Gasteiger partial charge is 0.271 e. The van der Waals surface area contributed by atoms with Crippen LogP contribution in [0.15, 0.2) is 83.8 Å². The molecule has 0 spiro atoms. The van der Waals surface area contributed by atoms with Crippen molar-refractivity contribution in [1.29, 1.82) is 0 Å². The van der Waals surface area contributed by atoms with Gasteiger partial charge in [-0.25, -0.2) is 8.42 Å². The zero-order valence-corrected chi connectivity index (χ0v) is 24.6. The molecule has 0 radical (unpaired) electrons. The Hall–Kier alpha value is -4.25. The average molecular weight is 593 g/mol. The maximum absolute atomic E-state index is 14.2. The first-order valence-electron chi connectivity index (χ1n) is 14.1. The van der Waals surface area contributed by atoms with E-state index in [1.165, 1.54) is 35.2 Å². The summed E-state index contributed by atoms with van der Waals surface area (Å²) >= 11 is 0. The Labute approximate surface area is 246 Å². The Kier molecular flexibility index (Phi) is 9.95. The van der Waals surface area contributed by atoms with Crippen LogP contribution in [0.2, 0.25) is 0 Å². The molecule has 0 heterocycles. The van der Waals surface area contributed by atoms with Crippen LogP contribution in [0.4, 0.5) is 11.4 Å². The lowest BCUT2D eigenvalue weighted by molar-refractivity contribution is -0.384. The first kappa shape index (κ1) is 30.7. The number of sulfonamides is 1. The molecule has 2 amide bonds. The van der Waals surface area contributed by atoms with E-state index in [1.54, 1.807) is 18.2 Å². The number of non-ortho nitro benzene ring substituents is 1. The maximum atomic E-state index is 14.2. The number of aryl methyl sites for hydroxylation is 1. The molecule has 10 nitrogen and oxygen atoms in total. The summed E-state index contributed by atoms with van der Waals surface area (Å²) in [6.07, 6.45) is 4.14. The van der Waals surface area contributed by atoms with Gasteiger partial charge in [-0.1, -0.05) is 68.3 Å². The van der Waals surface area contributed by atoms with Gasteiger partial charge in [0, 0.05) is 24.7 Å². The van der Waals surface area contributed by atoms with Crippen molar-refractivity contribution in [3.05, 3.63) is 100 Å². The predicted molar refractivity (Wildman–Crippen MR) is 160 cm³/mol. The second-order valence-corrected chi connectivity index (χ2v) is 12.3. The van der Waals surface area contributed by atoms with Crippen LogP contribution in [-0.4, -0.2) is 48.7 Å². The number of rotatable bonds is 12. The van der Waals surface area contributed by atoms with Gasteiger partial charge < -0.3 is 10.2 Å². The summed E-state index contributed by atoms with van der Waals surface area (Å²) in [4.78, 5) is 40.0. The third-order valence-corrected chi connectivity index (χ3v) is 9.42. The summed E-state index contributed by atoms with van der Waals surface area (Å²) < 4.78 is 28.7. The number of benzene rings is 3. The molecule has 0 bridgehead atoms. The quantitative estimate of drug-likeness (QED) is 0.234. The number of nitrogens with one attached hydrogen (secondary N) is 1. The van der Waals surface area contributed by atoms with Crippen LogP contribution in [0.25, 0.3) is 0 Å². The van der Waals surface area contributed by atoms with Crippen LogP contribution in [0, 0.1) is 17.0 Å². The highest BCUT2D eigenvalue weighted by Gasteiger charge is 2.35. The second-order valence-electron chi connectivity index (χ2n) is 10.5. The van der Waals surface area contributed by atoms with Crippen molar-refractivity contribution in [2.24, 2.45) is 0 Å². The molecule has 1 aliphatic carbocycles. The first-order chi connectivity index (χ1) is 20.1. The van der Waals surface area contributed by atoms with E-state index in [-0.39, 0.29) is 34.8 Å². The standard InChI is InChI=1S/C31H36N4O6S/c1-3-29(31(37)32-25-14-9-10-15-25)33(21-24-13-8-7-12-23(24)2)30(36)22-34(26-16-11-17-27(20-26)35(38)39)42(40,41)28-18-5-4-6-19-28/h4-8,11-13,16-20,25,29H,3,9-10,14-15,21-22H2,1-2H3,(H,32,37)/t29-/m1/s1. The number of carbonyl (C=O) groups is 2. The van der Waals surface area contributed by atoms with E-state index in [2.05, 4.69) is 5.32 Å². The highest BCUT2D eigenvalue weighted by atomic mass is 32.2. The summed E-state index contributed by atoms with van der Waals surface area (Å²) in [5.41, 5.74) is 1.41. The van der Waals surface area contributed by atoms with Crippen LogP contribution in [0.3, 0.4) is 0 Å². The number of hydrogen-bond acceptors (Lipinski definition) is 6. The minimum Gasteiger partial charge on any atom is -0.352 e. The Balaban J connectivity index is 1.75. The zero-order valence-electron chi connectivity index (χ0n) is 23.8. The monoisotopic (exact) mass is 592 g/mol. The molecule has 3 aromatic carbocycles. The molecule has 0 aliphatic heterocycles. The van der Waals surface area contributed by atoms with Gasteiger partial charge in [0.2, 0.25) is 11.8 Å². The number of hydrogen-bond donors (Lipinski definition) is 1. The van der Waals surface area contributed by atoms with E-state index < -0.39 is 33.4 Å². The molecule has 42 heavy (non-hydrogen) atoms. The fourth-order valence-corrected chi connectivity index (χ4v) is 6.70. The number of anilines is 1. The van der Waals surface area contributed by atoms with Crippen LogP contribution >= 0.6 is 0 Å². The van der Waals surface area contributed by atoms with Gasteiger partial charge in [-0.15, -0.1) is 0 Å². The highest BCUT2D eigenvalue weighted by molar-refractivity contribution is 7.92. The Morgan fingerprint density at radius 2 is 1.67 bits per heavy atom. The predicted octanol–water partition coefficient (Wildman–Crippen LogP) is 4.96. The van der Waals surface area contributed by atoms with Crippen molar-refractivity contribution in [3.63, 3.8) is 0 Å². The Morgan fingerprint density at radius 1 is 1.00 bits per heavy atom. The molecule has 1 N–H and O–H groups in total. The summed E-state index contributed by atoms with van der Waals surface area (Å²) in [5, 5.41) is 14.6. The average Bonchev–Trinajstić information content (AvgIpc) is 3.50. The third-order valence-electron chi connectivity index (χ3n) is 7.63. The van der Waals surface area contributed by atoms with Crippen molar-refractivity contribution >= 4 is 33.2 Å². The van der Waals surface area contributed by atoms with E-state index in [0.717, 1.165) is 47.2 Å². The van der Waals surface area contributed by atoms with Crippen LogP contribution in [-0.2, 0) is 26.2 Å². The van der Waals surface area contributed by atoms with Crippen molar-refractivity contribution in [3.8, 4) is 0 Å². The molecule has 0 unspecified atom stereocenters. The maximum Gasteiger partial charge on any atom is 0.271 e. The van der Waals surface area contributed by atoms with Crippen LogP contribution in [0.1, 0.15) is 50.2 Å². The summed E-state index contributed by atoms with van der Waals surface area (Å²) in [6, 6.07) is 19.5. The van der Waals surface area contributed by atoms with Crippen LogP contribution < -0.4 is 9.62 Å². The minimum absolute atomic E-state index is 0.0271. The van der Waals surface area contributed by atoms with Gasteiger partial charge in [-0.2, -0.15) is 0 Å². The fourth-order valence-electron chi connectivity index (χ4n) is 5.27. The van der Waals surface area contributed by atoms with Crippen LogP contribution in [0.5, 0.6) is 0 Å². The van der Waals surface area contributed by atoms with E-state index in [0.29, 0.717) is 6.42 Å². The highest BCUT2D eigenvalue weighted by Crippen LogP contribution is 2.28. The molecule has 0 aromatic heterocycles. The van der Waals surface area contributed by atoms with E-state index in [1.807, 2.05) is 38.1 Å². The largest absolute Gasteiger partial charge is 0.352 e. The normalized spacial score (nSPS) is 14.2. The molecule has 0 saturated heterocycles. The SMILES string of the molecule is CC[C@H](C(=O)NC1CCCC1)N(Cc1ccccc1C)C(=O)CN(c1cccc([N+](=O)[O-])c1)S(=O)(=O)c1ccccc1. The van der Waals surface area contributed by atoms with Gasteiger partial charge in [0.15, 0.2) is 0 Å². The summed E-state index contributed by atoms with van der Waals surface area (Å²) in [5.74, 6) is -0.878. The molecule has 1 fully saturated rings. The lowest BCUT2D eigenvalue weighted by Gasteiger charge is -2.34. The molecular weight excluding hydrogens is 556 g/mol. The molecule has 1 saturated carbocycles. The van der Waals surface area contributed by atoms with Gasteiger partial charge in [-0.3, -0.25) is 24.0 Å². The lowest BCUT2D eigenvalue weighted by Crippen LogP contribution is -2.53. The number of nitrogens with zero attached hydrogens (tertiary/aromatic N) is 3. The molecule has 1 atom stereocenters. The molecule has 222 valence electrons. The number of nitro benzene ring substituents is 1. The summed E-state index contributed by atoms with van der Waals surface area (Å²) in [6.45, 7) is 3.16. The van der Waals surface area contributed by atoms with Gasteiger partial charge in [0.05, 0.1) is 15.5 Å². The zero-order chi connectivity index (χ0) is 30.3. The van der Waals surface area contributed by atoms with Gasteiger partial charge in [0.25, 0.3) is 15.7 Å². The van der Waals surface area contributed by atoms with Gasteiger partial charge in [0.1, 0.15) is 12.6 Å². The number of amides is 2. The van der Waals surface area contributed by atoms with Crippen molar-refractivity contribution < 1.29 is 22.9 Å². The number of carbonyl (C=O) groups excluding carboxylic acids is 2. The molecule has 1 aliphatic rings. The van der Waals surface area contributed by atoms with E-state index >= 15 is 0 Å². The van der Waals surface area contributed by atoms with Crippen molar-refractivity contribution in [2.45, 2.75) is 69.5 Å².